The van der Waals surface area contributed by atoms with Gasteiger partial charge in [0.25, 0.3) is 0 Å². The summed E-state index contributed by atoms with van der Waals surface area (Å²) in [5, 5.41) is 3.66. The van der Waals surface area contributed by atoms with Crippen molar-refractivity contribution in [2.24, 2.45) is 5.92 Å². The van der Waals surface area contributed by atoms with Crippen molar-refractivity contribution in [3.05, 3.63) is 35.4 Å². The first-order valence-corrected chi connectivity index (χ1v) is 8.48. The number of nitrogens with zero attached hydrogens (tertiary/aromatic N) is 1. The summed E-state index contributed by atoms with van der Waals surface area (Å²) < 4.78 is 0. The molecular weight excluding hydrogens is 256 g/mol. The molecule has 1 aromatic carbocycles. The summed E-state index contributed by atoms with van der Waals surface area (Å²) in [6.07, 6.45) is 1.17. The first-order valence-electron chi connectivity index (χ1n) is 8.48. The minimum Gasteiger partial charge on any atom is -0.310 e. The van der Waals surface area contributed by atoms with Crippen LogP contribution in [0.3, 0.4) is 0 Å². The fourth-order valence-electron chi connectivity index (χ4n) is 2.92. The zero-order valence-electron chi connectivity index (χ0n) is 14.8. The SMILES string of the molecule is CCNC(CCN(CC(C)C)C(C)C)c1ccccc1C. The van der Waals surface area contributed by atoms with Crippen molar-refractivity contribution in [2.75, 3.05) is 19.6 Å². The second-order valence-electron chi connectivity index (χ2n) is 6.74. The van der Waals surface area contributed by atoms with Crippen molar-refractivity contribution in [2.45, 2.75) is 60.0 Å². The molecule has 1 unspecified atom stereocenters. The Bertz CT molecular complexity index is 398. The van der Waals surface area contributed by atoms with Crippen LogP contribution in [0.1, 0.15) is 58.2 Å². The van der Waals surface area contributed by atoms with Gasteiger partial charge in [0.1, 0.15) is 0 Å². The molecule has 0 bridgehead atoms. The van der Waals surface area contributed by atoms with E-state index in [9.17, 15) is 0 Å². The van der Waals surface area contributed by atoms with Crippen LogP contribution in [0.2, 0.25) is 0 Å². The van der Waals surface area contributed by atoms with E-state index in [1.807, 2.05) is 0 Å². The molecule has 21 heavy (non-hydrogen) atoms. The van der Waals surface area contributed by atoms with Gasteiger partial charge in [-0.2, -0.15) is 0 Å². The van der Waals surface area contributed by atoms with Crippen molar-refractivity contribution >= 4 is 0 Å². The van der Waals surface area contributed by atoms with E-state index in [0.717, 1.165) is 19.0 Å². The van der Waals surface area contributed by atoms with Gasteiger partial charge in [-0.05, 0) is 50.8 Å². The smallest absolute Gasteiger partial charge is 0.0334 e. The Morgan fingerprint density at radius 2 is 1.76 bits per heavy atom. The second kappa shape index (κ2) is 9.22. The second-order valence-corrected chi connectivity index (χ2v) is 6.74. The van der Waals surface area contributed by atoms with Crippen LogP contribution in [0.15, 0.2) is 24.3 Å². The fourth-order valence-corrected chi connectivity index (χ4v) is 2.92. The van der Waals surface area contributed by atoms with E-state index in [4.69, 9.17) is 0 Å². The van der Waals surface area contributed by atoms with Gasteiger partial charge in [-0.15, -0.1) is 0 Å². The average Bonchev–Trinajstić information content (AvgIpc) is 2.42. The third-order valence-corrected chi connectivity index (χ3v) is 4.05. The predicted octanol–water partition coefficient (Wildman–Crippen LogP) is 4.40. The monoisotopic (exact) mass is 290 g/mol. The van der Waals surface area contributed by atoms with Crippen molar-refractivity contribution < 1.29 is 0 Å². The molecule has 0 amide bonds. The number of hydrogen-bond donors (Lipinski definition) is 1. The molecule has 0 aromatic heterocycles. The van der Waals surface area contributed by atoms with E-state index in [0.29, 0.717) is 12.1 Å². The van der Waals surface area contributed by atoms with Gasteiger partial charge in [0.15, 0.2) is 0 Å². The lowest BCUT2D eigenvalue weighted by atomic mass is 9.98. The van der Waals surface area contributed by atoms with Gasteiger partial charge in [0, 0.05) is 25.2 Å². The van der Waals surface area contributed by atoms with Crippen LogP contribution in [-0.4, -0.2) is 30.6 Å². The third-order valence-electron chi connectivity index (χ3n) is 4.05. The number of rotatable bonds is 9. The van der Waals surface area contributed by atoms with Gasteiger partial charge in [-0.1, -0.05) is 45.0 Å². The van der Waals surface area contributed by atoms with Gasteiger partial charge in [0.05, 0.1) is 0 Å². The number of hydrogen-bond acceptors (Lipinski definition) is 2. The third kappa shape index (κ3) is 6.19. The van der Waals surface area contributed by atoms with Crippen LogP contribution in [0, 0.1) is 12.8 Å². The molecule has 0 heterocycles. The molecule has 0 fully saturated rings. The molecule has 1 N–H and O–H groups in total. The molecule has 0 saturated carbocycles. The van der Waals surface area contributed by atoms with Crippen LogP contribution in [-0.2, 0) is 0 Å². The van der Waals surface area contributed by atoms with E-state index in [1.165, 1.54) is 24.1 Å². The standard InChI is InChI=1S/C19H34N2/c1-7-20-19(18-11-9-8-10-17(18)6)12-13-21(16(4)5)14-15(2)3/h8-11,15-16,19-20H,7,12-14H2,1-6H3. The van der Waals surface area contributed by atoms with Gasteiger partial charge in [0.2, 0.25) is 0 Å². The Labute approximate surface area is 131 Å². The summed E-state index contributed by atoms with van der Waals surface area (Å²) in [5.41, 5.74) is 2.84. The van der Waals surface area contributed by atoms with Crippen molar-refractivity contribution in [1.82, 2.24) is 10.2 Å². The normalized spacial score (nSPS) is 13.4. The molecule has 2 nitrogen and oxygen atoms in total. The molecule has 0 aliphatic heterocycles. The topological polar surface area (TPSA) is 15.3 Å². The summed E-state index contributed by atoms with van der Waals surface area (Å²) >= 11 is 0. The Balaban J connectivity index is 2.72. The molecule has 0 aliphatic rings. The molecular formula is C19H34N2. The van der Waals surface area contributed by atoms with E-state index in [2.05, 4.69) is 76.0 Å². The predicted molar refractivity (Wildman–Crippen MR) is 93.8 cm³/mol. The molecule has 0 aliphatic carbocycles. The van der Waals surface area contributed by atoms with Crippen LogP contribution < -0.4 is 5.32 Å². The quantitative estimate of drug-likeness (QED) is 0.725. The van der Waals surface area contributed by atoms with Crippen LogP contribution >= 0.6 is 0 Å². The Kier molecular flexibility index (Phi) is 7.98. The lowest BCUT2D eigenvalue weighted by molar-refractivity contribution is 0.187. The van der Waals surface area contributed by atoms with Crippen molar-refractivity contribution in [3.63, 3.8) is 0 Å². The van der Waals surface area contributed by atoms with Crippen LogP contribution in [0.5, 0.6) is 0 Å². The molecule has 0 radical (unpaired) electrons. The molecule has 1 rings (SSSR count). The van der Waals surface area contributed by atoms with Crippen LogP contribution in [0.25, 0.3) is 0 Å². The minimum absolute atomic E-state index is 0.463. The fraction of sp³-hybridized carbons (Fsp3) is 0.684. The van der Waals surface area contributed by atoms with Gasteiger partial charge >= 0.3 is 0 Å². The maximum absolute atomic E-state index is 3.66. The summed E-state index contributed by atoms with van der Waals surface area (Å²) in [6.45, 7) is 17.0. The van der Waals surface area contributed by atoms with Gasteiger partial charge in [-0.3, -0.25) is 0 Å². The highest BCUT2D eigenvalue weighted by atomic mass is 15.1. The van der Waals surface area contributed by atoms with E-state index >= 15 is 0 Å². The first kappa shape index (κ1) is 18.2. The Morgan fingerprint density at radius 1 is 1.10 bits per heavy atom. The van der Waals surface area contributed by atoms with E-state index in [-0.39, 0.29) is 0 Å². The summed E-state index contributed by atoms with van der Waals surface area (Å²) in [6, 6.07) is 9.84. The van der Waals surface area contributed by atoms with Gasteiger partial charge in [-0.25, -0.2) is 0 Å². The van der Waals surface area contributed by atoms with Crippen molar-refractivity contribution in [1.29, 1.82) is 0 Å². The Hall–Kier alpha value is -0.860. The highest BCUT2D eigenvalue weighted by Crippen LogP contribution is 2.21. The largest absolute Gasteiger partial charge is 0.310 e. The number of benzene rings is 1. The van der Waals surface area contributed by atoms with Gasteiger partial charge < -0.3 is 10.2 Å². The molecule has 0 spiro atoms. The summed E-state index contributed by atoms with van der Waals surface area (Å²) in [7, 11) is 0. The van der Waals surface area contributed by atoms with Crippen LogP contribution in [0.4, 0.5) is 0 Å². The lowest BCUT2D eigenvalue weighted by Gasteiger charge is -2.30. The highest BCUT2D eigenvalue weighted by Gasteiger charge is 2.16. The average molecular weight is 290 g/mol. The number of nitrogens with one attached hydrogen (secondary N) is 1. The van der Waals surface area contributed by atoms with E-state index in [1.54, 1.807) is 0 Å². The maximum Gasteiger partial charge on any atom is 0.0334 e. The summed E-state index contributed by atoms with van der Waals surface area (Å²) in [4.78, 5) is 2.60. The Morgan fingerprint density at radius 3 is 2.29 bits per heavy atom. The number of aryl methyl sites for hydroxylation is 1. The summed E-state index contributed by atoms with van der Waals surface area (Å²) in [5.74, 6) is 0.725. The lowest BCUT2D eigenvalue weighted by Crippen LogP contribution is -2.37. The minimum atomic E-state index is 0.463. The highest BCUT2D eigenvalue weighted by molar-refractivity contribution is 5.28. The molecule has 1 atom stereocenters. The zero-order chi connectivity index (χ0) is 15.8. The van der Waals surface area contributed by atoms with E-state index < -0.39 is 0 Å². The molecule has 1 aromatic rings. The molecule has 0 saturated heterocycles. The van der Waals surface area contributed by atoms with Crippen molar-refractivity contribution in [3.8, 4) is 0 Å². The molecule has 120 valence electrons. The first-order chi connectivity index (χ1) is 9.95. The molecule has 2 heteroatoms. The zero-order valence-corrected chi connectivity index (χ0v) is 14.8. The maximum atomic E-state index is 3.66.